The van der Waals surface area contributed by atoms with Gasteiger partial charge in [0.05, 0.1) is 20.6 Å². The van der Waals surface area contributed by atoms with Gasteiger partial charge in [0.15, 0.2) is 23.9 Å². The molecule has 7 nitrogen and oxygen atoms in total. The van der Waals surface area contributed by atoms with Crippen molar-refractivity contribution in [3.63, 3.8) is 0 Å². The fraction of sp³-hybridized carbons (Fsp3) is 0.571. The number of hydrogen-bond acceptors (Lipinski definition) is 6. The molecule has 1 saturated carbocycles. The molecule has 0 aliphatic heterocycles. The van der Waals surface area contributed by atoms with E-state index in [1.165, 1.54) is 20.6 Å². The highest BCUT2D eigenvalue weighted by molar-refractivity contribution is 5.98. The van der Waals surface area contributed by atoms with Gasteiger partial charge in [0.25, 0.3) is 5.91 Å². The maximum atomic E-state index is 12.3. The number of benzene rings is 1. The maximum Gasteiger partial charge on any atom is 0.306 e. The van der Waals surface area contributed by atoms with Crippen LogP contribution in [0.4, 0.5) is 0 Å². The van der Waals surface area contributed by atoms with Gasteiger partial charge in [0.1, 0.15) is 0 Å². The monoisotopic (exact) mass is 391 g/mol. The highest BCUT2D eigenvalue weighted by Gasteiger charge is 2.23. The van der Waals surface area contributed by atoms with E-state index in [1.807, 2.05) is 0 Å². The lowest BCUT2D eigenvalue weighted by molar-refractivity contribution is -0.148. The van der Waals surface area contributed by atoms with Crippen LogP contribution < -0.4 is 14.8 Å². The Balaban J connectivity index is 1.74. The van der Waals surface area contributed by atoms with Crippen LogP contribution in [-0.2, 0) is 14.3 Å². The lowest BCUT2D eigenvalue weighted by Gasteiger charge is -2.29. The van der Waals surface area contributed by atoms with Crippen molar-refractivity contribution in [2.45, 2.75) is 51.5 Å². The Morgan fingerprint density at radius 2 is 1.75 bits per heavy atom. The SMILES string of the molecule is COc1ccc(C(=O)CCC(=O)OCC(=O)NC2CCCCC2C)cc1OC. The molecule has 0 aromatic heterocycles. The van der Waals surface area contributed by atoms with Crippen molar-refractivity contribution in [3.8, 4) is 11.5 Å². The van der Waals surface area contributed by atoms with Crippen LogP contribution in [0, 0.1) is 5.92 Å². The molecule has 0 bridgehead atoms. The first kappa shape index (κ1) is 21.7. The summed E-state index contributed by atoms with van der Waals surface area (Å²) in [6, 6.07) is 4.98. The van der Waals surface area contributed by atoms with Gasteiger partial charge >= 0.3 is 5.97 Å². The summed E-state index contributed by atoms with van der Waals surface area (Å²) >= 11 is 0. The Hall–Kier alpha value is -2.57. The summed E-state index contributed by atoms with van der Waals surface area (Å²) < 4.78 is 15.3. The van der Waals surface area contributed by atoms with E-state index in [4.69, 9.17) is 14.2 Å². The minimum Gasteiger partial charge on any atom is -0.493 e. The van der Waals surface area contributed by atoms with Crippen LogP contribution in [-0.4, -0.2) is 44.5 Å². The van der Waals surface area contributed by atoms with Gasteiger partial charge in [-0.15, -0.1) is 0 Å². The Kier molecular flexibility index (Phi) is 8.29. The number of amides is 1. The third kappa shape index (κ3) is 6.25. The van der Waals surface area contributed by atoms with Gasteiger partial charge in [0.2, 0.25) is 0 Å². The first-order valence-electron chi connectivity index (χ1n) is 9.64. The van der Waals surface area contributed by atoms with E-state index >= 15 is 0 Å². The van der Waals surface area contributed by atoms with Crippen molar-refractivity contribution in [3.05, 3.63) is 23.8 Å². The molecule has 0 radical (unpaired) electrons. The van der Waals surface area contributed by atoms with Crippen LogP contribution in [0.15, 0.2) is 18.2 Å². The van der Waals surface area contributed by atoms with Crippen molar-refractivity contribution in [2.75, 3.05) is 20.8 Å². The number of nitrogens with one attached hydrogen (secondary N) is 1. The lowest BCUT2D eigenvalue weighted by atomic mass is 9.86. The molecule has 2 rings (SSSR count). The average Bonchev–Trinajstić information content (AvgIpc) is 2.71. The van der Waals surface area contributed by atoms with Crippen molar-refractivity contribution < 1.29 is 28.6 Å². The Labute approximate surface area is 165 Å². The molecule has 0 heterocycles. The summed E-state index contributed by atoms with van der Waals surface area (Å²) in [7, 11) is 3.00. The van der Waals surface area contributed by atoms with E-state index in [-0.39, 0.29) is 37.2 Å². The zero-order valence-electron chi connectivity index (χ0n) is 16.8. The number of methoxy groups -OCH3 is 2. The number of carbonyl (C=O) groups is 3. The molecular weight excluding hydrogens is 362 g/mol. The van der Waals surface area contributed by atoms with E-state index in [1.54, 1.807) is 18.2 Å². The molecule has 28 heavy (non-hydrogen) atoms. The number of hydrogen-bond donors (Lipinski definition) is 1. The van der Waals surface area contributed by atoms with Gasteiger partial charge in [-0.3, -0.25) is 14.4 Å². The van der Waals surface area contributed by atoms with Gasteiger partial charge in [-0.25, -0.2) is 0 Å². The summed E-state index contributed by atoms with van der Waals surface area (Å²) in [6.07, 6.45) is 4.27. The minimum atomic E-state index is -0.569. The summed E-state index contributed by atoms with van der Waals surface area (Å²) in [5, 5.41) is 2.93. The number of ketones is 1. The second-order valence-electron chi connectivity index (χ2n) is 7.09. The third-order valence-corrected chi connectivity index (χ3v) is 5.08. The number of carbonyl (C=O) groups excluding carboxylic acids is 3. The molecule has 2 atom stereocenters. The third-order valence-electron chi connectivity index (χ3n) is 5.08. The average molecular weight is 391 g/mol. The number of esters is 1. The van der Waals surface area contributed by atoms with E-state index < -0.39 is 5.97 Å². The molecule has 1 aliphatic rings. The molecule has 154 valence electrons. The molecular formula is C21H29NO6. The van der Waals surface area contributed by atoms with E-state index in [0.29, 0.717) is 23.0 Å². The molecule has 1 N–H and O–H groups in total. The van der Waals surface area contributed by atoms with Crippen LogP contribution >= 0.6 is 0 Å². The summed E-state index contributed by atoms with van der Waals surface area (Å²) in [5.41, 5.74) is 0.425. The largest absolute Gasteiger partial charge is 0.493 e. The number of ether oxygens (including phenoxy) is 3. The summed E-state index contributed by atoms with van der Waals surface area (Å²) in [6.45, 7) is 1.81. The zero-order valence-corrected chi connectivity index (χ0v) is 16.8. The standard InChI is InChI=1S/C21H29NO6/c1-14-6-4-5-7-16(14)22-20(24)13-28-21(25)11-9-17(23)15-8-10-18(26-2)19(12-15)27-3/h8,10,12,14,16H,4-7,9,11,13H2,1-3H3,(H,22,24). The highest BCUT2D eigenvalue weighted by atomic mass is 16.5. The second kappa shape index (κ2) is 10.7. The molecule has 1 aliphatic carbocycles. The summed E-state index contributed by atoms with van der Waals surface area (Å²) in [5.74, 6) is 0.339. The molecule has 1 aromatic rings. The van der Waals surface area contributed by atoms with E-state index in [2.05, 4.69) is 12.2 Å². The predicted molar refractivity (Wildman–Crippen MR) is 104 cm³/mol. The van der Waals surface area contributed by atoms with Gasteiger partial charge in [0, 0.05) is 18.0 Å². The summed E-state index contributed by atoms with van der Waals surface area (Å²) in [4.78, 5) is 36.1. The molecule has 1 amide bonds. The van der Waals surface area contributed by atoms with Crippen molar-refractivity contribution >= 4 is 17.7 Å². The van der Waals surface area contributed by atoms with Gasteiger partial charge in [-0.2, -0.15) is 0 Å². The second-order valence-corrected chi connectivity index (χ2v) is 7.09. The van der Waals surface area contributed by atoms with Crippen molar-refractivity contribution in [1.82, 2.24) is 5.32 Å². The fourth-order valence-electron chi connectivity index (χ4n) is 3.37. The molecule has 0 saturated heterocycles. The first-order valence-corrected chi connectivity index (χ1v) is 9.64. The van der Waals surface area contributed by atoms with Crippen molar-refractivity contribution in [1.29, 1.82) is 0 Å². The quantitative estimate of drug-likeness (QED) is 0.514. The topological polar surface area (TPSA) is 90.9 Å². The highest BCUT2D eigenvalue weighted by Crippen LogP contribution is 2.28. The number of rotatable bonds is 9. The Morgan fingerprint density at radius 3 is 2.43 bits per heavy atom. The van der Waals surface area contributed by atoms with Gasteiger partial charge in [-0.1, -0.05) is 19.8 Å². The maximum absolute atomic E-state index is 12.3. The number of Topliss-reactive ketones (excluding diaryl/α,β-unsaturated/α-hetero) is 1. The molecule has 1 fully saturated rings. The van der Waals surface area contributed by atoms with E-state index in [9.17, 15) is 14.4 Å². The smallest absolute Gasteiger partial charge is 0.306 e. The molecule has 0 spiro atoms. The Bertz CT molecular complexity index is 702. The van der Waals surface area contributed by atoms with Crippen LogP contribution in [0.3, 0.4) is 0 Å². The zero-order chi connectivity index (χ0) is 20.5. The van der Waals surface area contributed by atoms with Crippen LogP contribution in [0.25, 0.3) is 0 Å². The van der Waals surface area contributed by atoms with Gasteiger partial charge < -0.3 is 19.5 Å². The fourth-order valence-corrected chi connectivity index (χ4v) is 3.37. The van der Waals surface area contributed by atoms with Crippen molar-refractivity contribution in [2.24, 2.45) is 5.92 Å². The Morgan fingerprint density at radius 1 is 1.04 bits per heavy atom. The molecule has 7 heteroatoms. The molecule has 2 unspecified atom stereocenters. The minimum absolute atomic E-state index is 0.00437. The van der Waals surface area contributed by atoms with Gasteiger partial charge in [-0.05, 0) is 37.0 Å². The van der Waals surface area contributed by atoms with Crippen LogP contribution in [0.1, 0.15) is 55.8 Å². The lowest BCUT2D eigenvalue weighted by Crippen LogP contribution is -2.42. The molecule has 1 aromatic carbocycles. The van der Waals surface area contributed by atoms with Crippen LogP contribution in [0.2, 0.25) is 0 Å². The normalized spacial score (nSPS) is 18.8. The van der Waals surface area contributed by atoms with E-state index in [0.717, 1.165) is 19.3 Å². The van der Waals surface area contributed by atoms with Crippen LogP contribution in [0.5, 0.6) is 11.5 Å². The first-order chi connectivity index (χ1) is 13.4. The predicted octanol–water partition coefficient (Wildman–Crippen LogP) is 2.90.